The summed E-state index contributed by atoms with van der Waals surface area (Å²) in [6.07, 6.45) is 1.90. The lowest BCUT2D eigenvalue weighted by Gasteiger charge is -2.07. The highest BCUT2D eigenvalue weighted by Crippen LogP contribution is 2.33. The molecule has 1 amide bonds. The van der Waals surface area contributed by atoms with E-state index in [4.69, 9.17) is 16.0 Å². The van der Waals surface area contributed by atoms with Gasteiger partial charge in [-0.1, -0.05) is 23.7 Å². The monoisotopic (exact) mass is 496 g/mol. The number of carbonyl (C=O) groups is 1. The molecular weight excluding hydrogens is 478 g/mol. The largest absolute Gasteiger partial charge is 0.463 e. The second-order valence-corrected chi connectivity index (χ2v) is 8.36. The number of pyridine rings is 1. The van der Waals surface area contributed by atoms with Crippen LogP contribution in [0.15, 0.2) is 65.5 Å². The number of fused-ring (bicyclic) bond motifs is 1. The van der Waals surface area contributed by atoms with E-state index in [1.807, 2.05) is 18.2 Å². The number of nitrogens with zero attached hydrogens (tertiary/aromatic N) is 5. The second-order valence-electron chi connectivity index (χ2n) is 7.92. The van der Waals surface area contributed by atoms with Gasteiger partial charge in [-0.15, -0.1) is 0 Å². The maximum absolute atomic E-state index is 13.8. The summed E-state index contributed by atoms with van der Waals surface area (Å²) in [5, 5.41) is 12.2. The fraction of sp³-hybridized carbons (Fsp3) is 0.167. The number of furan rings is 1. The topological polar surface area (TPSA) is 90.8 Å². The number of hydrogen-bond acceptors (Lipinski definition) is 5. The number of carbonyl (C=O) groups excluding carboxylic acids is 1. The zero-order chi connectivity index (χ0) is 24.5. The fourth-order valence-corrected chi connectivity index (χ4v) is 4.11. The highest BCUT2D eigenvalue weighted by Gasteiger charge is 2.22. The first kappa shape index (κ1) is 22.7. The van der Waals surface area contributed by atoms with E-state index >= 15 is 0 Å². The summed E-state index contributed by atoms with van der Waals surface area (Å²) < 4.78 is 36.0. The van der Waals surface area contributed by atoms with Crippen molar-refractivity contribution in [3.8, 4) is 11.5 Å². The van der Waals surface area contributed by atoms with E-state index in [0.717, 1.165) is 5.56 Å². The maximum atomic E-state index is 13.8. The van der Waals surface area contributed by atoms with Gasteiger partial charge in [-0.05, 0) is 42.8 Å². The van der Waals surface area contributed by atoms with Gasteiger partial charge < -0.3 is 9.73 Å². The number of benzene rings is 1. The van der Waals surface area contributed by atoms with E-state index in [1.54, 1.807) is 36.0 Å². The molecule has 11 heteroatoms. The van der Waals surface area contributed by atoms with Crippen molar-refractivity contribution >= 4 is 34.2 Å². The first-order valence-corrected chi connectivity index (χ1v) is 11.0. The van der Waals surface area contributed by atoms with Gasteiger partial charge in [0.25, 0.3) is 6.43 Å². The minimum atomic E-state index is -2.75. The number of rotatable bonds is 7. The number of halogens is 3. The van der Waals surface area contributed by atoms with Crippen molar-refractivity contribution in [2.45, 2.75) is 26.4 Å². The Hall–Kier alpha value is -4.05. The zero-order valence-corrected chi connectivity index (χ0v) is 19.2. The number of nitrogens with one attached hydrogen (secondary N) is 1. The molecule has 0 fully saturated rings. The van der Waals surface area contributed by atoms with Gasteiger partial charge in [-0.2, -0.15) is 10.2 Å². The SMILES string of the molecule is Cc1nn(CC(=O)Nc2cnn(Cc3cccc(Cl)c3)c2)c2nc(-c3ccco3)cc(C(F)F)c12. The Balaban J connectivity index is 1.38. The summed E-state index contributed by atoms with van der Waals surface area (Å²) in [6, 6.07) is 12.0. The highest BCUT2D eigenvalue weighted by atomic mass is 35.5. The summed E-state index contributed by atoms with van der Waals surface area (Å²) in [5.74, 6) is -0.0590. The molecule has 0 saturated heterocycles. The minimum Gasteiger partial charge on any atom is -0.463 e. The van der Waals surface area contributed by atoms with Gasteiger partial charge in [0.05, 0.1) is 35.8 Å². The molecule has 4 aromatic heterocycles. The molecule has 1 N–H and O–H groups in total. The fourth-order valence-electron chi connectivity index (χ4n) is 3.89. The lowest BCUT2D eigenvalue weighted by Crippen LogP contribution is -2.19. The van der Waals surface area contributed by atoms with E-state index in [9.17, 15) is 13.6 Å². The average molecular weight is 497 g/mol. The second kappa shape index (κ2) is 9.30. The number of hydrogen-bond donors (Lipinski definition) is 1. The van der Waals surface area contributed by atoms with E-state index in [0.29, 0.717) is 28.7 Å². The molecule has 0 radical (unpaired) electrons. The van der Waals surface area contributed by atoms with Crippen molar-refractivity contribution in [3.05, 3.63) is 83.0 Å². The van der Waals surface area contributed by atoms with Gasteiger partial charge in [0.1, 0.15) is 12.2 Å². The standard InChI is InChI=1S/C24H19ClF2N6O2/c1-14-22-18(23(26)27)9-19(20-6-3-7-35-20)30-24(22)33(31-14)13-21(34)29-17-10-28-32(12-17)11-15-4-2-5-16(25)8-15/h2-10,12,23H,11,13H2,1H3,(H,29,34). The molecule has 0 spiro atoms. The summed E-state index contributed by atoms with van der Waals surface area (Å²) in [5.41, 5.74) is 2.01. The molecule has 0 atom stereocenters. The molecule has 8 nitrogen and oxygen atoms in total. The Kier molecular flexibility index (Phi) is 6.04. The number of aryl methyl sites for hydroxylation is 1. The molecule has 5 aromatic rings. The van der Waals surface area contributed by atoms with Crippen LogP contribution in [0.3, 0.4) is 0 Å². The normalized spacial score (nSPS) is 11.5. The first-order chi connectivity index (χ1) is 16.9. The lowest BCUT2D eigenvalue weighted by atomic mass is 10.1. The van der Waals surface area contributed by atoms with E-state index in [-0.39, 0.29) is 28.8 Å². The molecule has 5 rings (SSSR count). The van der Waals surface area contributed by atoms with Crippen LogP contribution < -0.4 is 5.32 Å². The molecule has 35 heavy (non-hydrogen) atoms. The molecule has 4 heterocycles. The van der Waals surface area contributed by atoms with Crippen LogP contribution in [0.4, 0.5) is 14.5 Å². The Morgan fingerprint density at radius 1 is 1.23 bits per heavy atom. The van der Waals surface area contributed by atoms with Crippen LogP contribution >= 0.6 is 11.6 Å². The van der Waals surface area contributed by atoms with Crippen molar-refractivity contribution < 1.29 is 18.0 Å². The van der Waals surface area contributed by atoms with Crippen molar-refractivity contribution in [2.75, 3.05) is 5.32 Å². The third-order valence-electron chi connectivity index (χ3n) is 5.36. The minimum absolute atomic E-state index is 0.179. The summed E-state index contributed by atoms with van der Waals surface area (Å²) in [4.78, 5) is 17.2. The molecule has 0 unspecified atom stereocenters. The predicted octanol–water partition coefficient (Wildman–Crippen LogP) is 5.47. The Bertz CT molecular complexity index is 1510. The highest BCUT2D eigenvalue weighted by molar-refractivity contribution is 6.30. The van der Waals surface area contributed by atoms with Crippen LogP contribution in [-0.4, -0.2) is 30.5 Å². The molecule has 0 aliphatic heterocycles. The van der Waals surface area contributed by atoms with Gasteiger partial charge in [-0.3, -0.25) is 9.48 Å². The van der Waals surface area contributed by atoms with E-state index < -0.39 is 12.3 Å². The Morgan fingerprint density at radius 3 is 2.83 bits per heavy atom. The Labute approximate surface area is 203 Å². The molecule has 0 bridgehead atoms. The van der Waals surface area contributed by atoms with Gasteiger partial charge in [0, 0.05) is 16.8 Å². The molecule has 0 saturated carbocycles. The third kappa shape index (κ3) is 4.78. The molecule has 1 aromatic carbocycles. The van der Waals surface area contributed by atoms with Gasteiger partial charge in [0.15, 0.2) is 11.4 Å². The van der Waals surface area contributed by atoms with Crippen molar-refractivity contribution in [3.63, 3.8) is 0 Å². The van der Waals surface area contributed by atoms with Crippen LogP contribution in [0.5, 0.6) is 0 Å². The van der Waals surface area contributed by atoms with Crippen molar-refractivity contribution in [2.24, 2.45) is 0 Å². The quantitative estimate of drug-likeness (QED) is 0.322. The number of amides is 1. The van der Waals surface area contributed by atoms with Gasteiger partial charge >= 0.3 is 0 Å². The molecule has 178 valence electrons. The number of alkyl halides is 2. The summed E-state index contributed by atoms with van der Waals surface area (Å²) in [7, 11) is 0. The number of anilines is 1. The smallest absolute Gasteiger partial charge is 0.264 e. The first-order valence-electron chi connectivity index (χ1n) is 10.6. The lowest BCUT2D eigenvalue weighted by molar-refractivity contribution is -0.116. The van der Waals surface area contributed by atoms with Crippen molar-refractivity contribution in [1.29, 1.82) is 0 Å². The van der Waals surface area contributed by atoms with Crippen LogP contribution in [0.2, 0.25) is 5.02 Å². The van der Waals surface area contributed by atoms with Crippen LogP contribution in [0.1, 0.15) is 23.2 Å². The van der Waals surface area contributed by atoms with Gasteiger partial charge in [0.2, 0.25) is 5.91 Å². The summed E-state index contributed by atoms with van der Waals surface area (Å²) in [6.45, 7) is 1.87. The zero-order valence-electron chi connectivity index (χ0n) is 18.5. The van der Waals surface area contributed by atoms with Crippen molar-refractivity contribution in [1.82, 2.24) is 24.5 Å². The maximum Gasteiger partial charge on any atom is 0.264 e. The van der Waals surface area contributed by atoms with E-state index in [1.165, 1.54) is 23.2 Å². The average Bonchev–Trinajstić information content (AvgIpc) is 3.55. The number of aromatic nitrogens is 5. The van der Waals surface area contributed by atoms with Crippen LogP contribution in [0, 0.1) is 6.92 Å². The summed E-state index contributed by atoms with van der Waals surface area (Å²) >= 11 is 6.02. The molecule has 0 aliphatic carbocycles. The predicted molar refractivity (Wildman–Crippen MR) is 126 cm³/mol. The molecule has 0 aliphatic rings. The van der Waals surface area contributed by atoms with E-state index in [2.05, 4.69) is 20.5 Å². The molecular formula is C24H19ClF2N6O2. The van der Waals surface area contributed by atoms with Gasteiger partial charge in [-0.25, -0.2) is 18.4 Å². The van der Waals surface area contributed by atoms with Crippen LogP contribution in [0.25, 0.3) is 22.5 Å². The Morgan fingerprint density at radius 2 is 2.09 bits per heavy atom. The third-order valence-corrected chi connectivity index (χ3v) is 5.60. The van der Waals surface area contributed by atoms with Crippen LogP contribution in [-0.2, 0) is 17.9 Å².